The van der Waals surface area contributed by atoms with Gasteiger partial charge >= 0.3 is 12.1 Å². The summed E-state index contributed by atoms with van der Waals surface area (Å²) in [6.45, 7) is 2.21. The highest BCUT2D eigenvalue weighted by atomic mass is 19.4. The summed E-state index contributed by atoms with van der Waals surface area (Å²) in [7, 11) is 0. The summed E-state index contributed by atoms with van der Waals surface area (Å²) in [5.74, 6) is -3.22. The molecule has 8 heteroatoms. The van der Waals surface area contributed by atoms with Crippen LogP contribution in [-0.2, 0) is 4.74 Å². The van der Waals surface area contributed by atoms with E-state index in [0.717, 1.165) is 6.26 Å². The molecule has 0 spiro atoms. The van der Waals surface area contributed by atoms with Crippen molar-refractivity contribution in [3.63, 3.8) is 0 Å². The maximum absolute atomic E-state index is 13.0. The molecule has 2 atom stereocenters. The van der Waals surface area contributed by atoms with Gasteiger partial charge in [-0.25, -0.2) is 9.78 Å². The van der Waals surface area contributed by atoms with Gasteiger partial charge in [-0.2, -0.15) is 13.2 Å². The van der Waals surface area contributed by atoms with Crippen molar-refractivity contribution < 1.29 is 27.1 Å². The Morgan fingerprint density at radius 3 is 3.00 bits per heavy atom. The molecule has 0 aromatic carbocycles. The number of esters is 1. The monoisotopic (exact) mass is 292 g/mol. The van der Waals surface area contributed by atoms with Crippen LogP contribution >= 0.6 is 0 Å². The number of nitrogens with one attached hydrogen (secondary N) is 1. The number of hydrogen-bond donors (Lipinski definition) is 1. The lowest BCUT2D eigenvalue weighted by Gasteiger charge is -2.31. The van der Waals surface area contributed by atoms with Gasteiger partial charge in [-0.05, 0) is 19.9 Å². The molecule has 1 aliphatic rings. The van der Waals surface area contributed by atoms with Gasteiger partial charge in [0.1, 0.15) is 6.26 Å². The highest BCUT2D eigenvalue weighted by Gasteiger charge is 2.47. The van der Waals surface area contributed by atoms with Gasteiger partial charge in [0.2, 0.25) is 0 Å². The summed E-state index contributed by atoms with van der Waals surface area (Å²) >= 11 is 0. The summed E-state index contributed by atoms with van der Waals surface area (Å²) in [6.07, 6.45) is -3.31. The van der Waals surface area contributed by atoms with Crippen LogP contribution in [0, 0.1) is 5.92 Å². The summed E-state index contributed by atoms with van der Waals surface area (Å²) in [4.78, 5) is 15.3. The number of ether oxygens (including phenoxy) is 1. The number of nitrogens with zero attached hydrogens (tertiary/aromatic N) is 1. The lowest BCUT2D eigenvalue weighted by molar-refractivity contribution is -0.187. The van der Waals surface area contributed by atoms with Gasteiger partial charge in [-0.1, -0.05) is 0 Å². The first-order chi connectivity index (χ1) is 9.43. The molecular weight excluding hydrogens is 277 g/mol. The number of oxazole rings is 1. The van der Waals surface area contributed by atoms with E-state index in [2.05, 4.69) is 10.3 Å². The Balaban J connectivity index is 2.19. The van der Waals surface area contributed by atoms with E-state index in [4.69, 9.17) is 9.15 Å². The van der Waals surface area contributed by atoms with E-state index in [9.17, 15) is 18.0 Å². The summed E-state index contributed by atoms with van der Waals surface area (Å²) in [5.41, 5.74) is -0.103. The first-order valence-electron chi connectivity index (χ1n) is 6.33. The topological polar surface area (TPSA) is 64.4 Å². The van der Waals surface area contributed by atoms with Crippen molar-refractivity contribution in [1.29, 1.82) is 0 Å². The zero-order valence-corrected chi connectivity index (χ0v) is 10.9. The Morgan fingerprint density at radius 2 is 2.35 bits per heavy atom. The van der Waals surface area contributed by atoms with Crippen molar-refractivity contribution in [2.75, 3.05) is 19.7 Å². The molecule has 0 aliphatic carbocycles. The molecule has 2 rings (SSSR count). The van der Waals surface area contributed by atoms with Crippen LogP contribution in [0.3, 0.4) is 0 Å². The van der Waals surface area contributed by atoms with E-state index in [1.807, 2.05) is 0 Å². The Hall–Kier alpha value is -1.57. The minimum Gasteiger partial charge on any atom is -0.461 e. The van der Waals surface area contributed by atoms with Gasteiger partial charge in [0.05, 0.1) is 18.4 Å². The average Bonchev–Trinajstić information content (AvgIpc) is 2.87. The van der Waals surface area contributed by atoms with Crippen LogP contribution in [-0.4, -0.2) is 36.8 Å². The third-order valence-corrected chi connectivity index (χ3v) is 3.23. The van der Waals surface area contributed by atoms with Gasteiger partial charge in [0.25, 0.3) is 0 Å². The van der Waals surface area contributed by atoms with Crippen molar-refractivity contribution in [3.8, 4) is 0 Å². The van der Waals surface area contributed by atoms with Crippen LogP contribution in [0.1, 0.15) is 35.6 Å². The molecule has 0 radical (unpaired) electrons. The zero-order valence-electron chi connectivity index (χ0n) is 10.9. The molecular formula is C12H15F3N2O3. The van der Waals surface area contributed by atoms with Crippen LogP contribution in [0.15, 0.2) is 10.7 Å². The highest BCUT2D eigenvalue weighted by Crippen LogP contribution is 2.40. The van der Waals surface area contributed by atoms with Gasteiger partial charge in [0.15, 0.2) is 11.6 Å². The van der Waals surface area contributed by atoms with Gasteiger partial charge < -0.3 is 14.5 Å². The summed E-state index contributed by atoms with van der Waals surface area (Å²) in [5, 5.41) is 2.88. The number of carbonyl (C=O) groups excluding carboxylic acids is 1. The molecule has 1 N–H and O–H groups in total. The molecule has 0 amide bonds. The van der Waals surface area contributed by atoms with E-state index in [0.29, 0.717) is 6.54 Å². The zero-order chi connectivity index (χ0) is 14.8. The fourth-order valence-corrected chi connectivity index (χ4v) is 2.27. The molecule has 0 bridgehead atoms. The molecule has 5 nitrogen and oxygen atoms in total. The number of hydrogen-bond acceptors (Lipinski definition) is 5. The van der Waals surface area contributed by atoms with E-state index in [1.54, 1.807) is 6.92 Å². The second-order valence-electron chi connectivity index (χ2n) is 4.54. The molecule has 1 fully saturated rings. The summed E-state index contributed by atoms with van der Waals surface area (Å²) < 4.78 is 48.7. The lowest BCUT2D eigenvalue weighted by atomic mass is 9.86. The van der Waals surface area contributed by atoms with Crippen molar-refractivity contribution in [2.24, 2.45) is 5.92 Å². The van der Waals surface area contributed by atoms with Crippen LogP contribution in [0.5, 0.6) is 0 Å². The third-order valence-electron chi connectivity index (χ3n) is 3.23. The molecule has 1 aromatic rings. The number of rotatable bonds is 3. The highest BCUT2D eigenvalue weighted by molar-refractivity contribution is 5.86. The van der Waals surface area contributed by atoms with Crippen molar-refractivity contribution in [2.45, 2.75) is 25.4 Å². The number of piperidine rings is 1. The van der Waals surface area contributed by atoms with Gasteiger partial charge in [-0.15, -0.1) is 0 Å². The van der Waals surface area contributed by atoms with Crippen LogP contribution < -0.4 is 5.32 Å². The standard InChI is InChI=1S/C12H15F3N2O3/c1-2-19-11(18)9-6-20-10(17-9)7-5-16-4-3-8(7)12(13,14)15/h6-8,16H,2-5H2,1H3. The minimum absolute atomic E-state index is 0.0364. The average molecular weight is 292 g/mol. The molecule has 1 saturated heterocycles. The van der Waals surface area contributed by atoms with Crippen LogP contribution in [0.25, 0.3) is 0 Å². The smallest absolute Gasteiger partial charge is 0.392 e. The van der Waals surface area contributed by atoms with Crippen LogP contribution in [0.2, 0.25) is 0 Å². The molecule has 1 aliphatic heterocycles. The molecule has 20 heavy (non-hydrogen) atoms. The molecule has 2 unspecified atom stereocenters. The third kappa shape index (κ3) is 3.12. The summed E-state index contributed by atoms with van der Waals surface area (Å²) in [6, 6.07) is 0. The lowest BCUT2D eigenvalue weighted by Crippen LogP contribution is -2.42. The Bertz CT molecular complexity index is 473. The fraction of sp³-hybridized carbons (Fsp3) is 0.667. The van der Waals surface area contributed by atoms with Crippen LogP contribution in [0.4, 0.5) is 13.2 Å². The first kappa shape index (κ1) is 14.8. The number of halogens is 3. The fourth-order valence-electron chi connectivity index (χ4n) is 2.27. The molecule has 0 saturated carbocycles. The van der Waals surface area contributed by atoms with Crippen molar-refractivity contribution in [1.82, 2.24) is 10.3 Å². The normalized spacial score (nSPS) is 23.6. The number of alkyl halides is 3. The SMILES string of the molecule is CCOC(=O)c1coc(C2CNCCC2C(F)(F)F)n1. The largest absolute Gasteiger partial charge is 0.461 e. The number of carbonyl (C=O) groups is 1. The maximum atomic E-state index is 13.0. The van der Waals surface area contributed by atoms with Gasteiger partial charge in [-0.3, -0.25) is 0 Å². The van der Waals surface area contributed by atoms with E-state index in [1.165, 1.54) is 0 Å². The molecule has 112 valence electrons. The van der Waals surface area contributed by atoms with Crippen molar-refractivity contribution in [3.05, 3.63) is 17.8 Å². The predicted octanol–water partition coefficient (Wildman–Crippen LogP) is 2.11. The maximum Gasteiger partial charge on any atom is 0.392 e. The Kier molecular flexibility index (Phi) is 4.32. The minimum atomic E-state index is -4.31. The first-order valence-corrected chi connectivity index (χ1v) is 6.33. The predicted molar refractivity (Wildman–Crippen MR) is 62.2 cm³/mol. The second kappa shape index (κ2) is 5.82. The van der Waals surface area contributed by atoms with Crippen molar-refractivity contribution >= 4 is 5.97 Å². The molecule has 2 heterocycles. The second-order valence-corrected chi connectivity index (χ2v) is 4.54. The van der Waals surface area contributed by atoms with E-state index < -0.39 is 24.0 Å². The van der Waals surface area contributed by atoms with E-state index in [-0.39, 0.29) is 31.2 Å². The Labute approximate surface area is 113 Å². The van der Waals surface area contributed by atoms with Gasteiger partial charge in [0, 0.05) is 6.54 Å². The van der Waals surface area contributed by atoms with E-state index >= 15 is 0 Å². The number of aromatic nitrogens is 1. The quantitative estimate of drug-likeness (QED) is 0.864. The Morgan fingerprint density at radius 1 is 1.60 bits per heavy atom. The molecule has 1 aromatic heterocycles.